The van der Waals surface area contributed by atoms with Crippen molar-refractivity contribution in [2.75, 3.05) is 5.73 Å². The van der Waals surface area contributed by atoms with E-state index in [4.69, 9.17) is 17.3 Å². The number of benzene rings is 1. The summed E-state index contributed by atoms with van der Waals surface area (Å²) in [6.07, 6.45) is 0.993. The van der Waals surface area contributed by atoms with E-state index < -0.39 is 0 Å². The molecule has 108 valence electrons. The zero-order valence-electron chi connectivity index (χ0n) is 11.5. The maximum Gasteiger partial charge on any atom is 0.142 e. The summed E-state index contributed by atoms with van der Waals surface area (Å²) < 4.78 is 0. The summed E-state index contributed by atoms with van der Waals surface area (Å²) in [6, 6.07) is 9.86. The largest absolute Gasteiger partial charge is 0.383 e. The Balaban J connectivity index is 1.84. The molecule has 3 aromatic rings. The molecule has 0 radical (unpaired) electrons. The molecule has 0 bridgehead atoms. The van der Waals surface area contributed by atoms with Gasteiger partial charge >= 0.3 is 0 Å². The average Bonchev–Trinajstić information content (AvgIpc) is 2.89. The van der Waals surface area contributed by atoms with Crippen LogP contribution in [0.5, 0.6) is 0 Å². The van der Waals surface area contributed by atoms with Crippen molar-refractivity contribution in [1.82, 2.24) is 9.97 Å². The minimum atomic E-state index is 0.567. The Kier molecular flexibility index (Phi) is 4.33. The van der Waals surface area contributed by atoms with E-state index in [1.54, 1.807) is 23.1 Å². The monoisotopic (exact) mass is 335 g/mol. The molecule has 0 aliphatic heterocycles. The normalized spacial score (nSPS) is 11.1. The molecule has 0 unspecified atom stereocenters. The summed E-state index contributed by atoms with van der Waals surface area (Å²) in [5.74, 6) is 2.01. The first-order valence-electron chi connectivity index (χ1n) is 6.59. The van der Waals surface area contributed by atoms with Gasteiger partial charge in [0.25, 0.3) is 0 Å². The van der Waals surface area contributed by atoms with Crippen LogP contribution < -0.4 is 5.73 Å². The number of aryl methyl sites for hydroxylation is 1. The number of rotatable bonds is 4. The van der Waals surface area contributed by atoms with Crippen LogP contribution >= 0.6 is 34.7 Å². The maximum absolute atomic E-state index is 6.04. The highest BCUT2D eigenvalue weighted by atomic mass is 35.5. The van der Waals surface area contributed by atoms with Gasteiger partial charge in [0.1, 0.15) is 16.5 Å². The van der Waals surface area contributed by atoms with E-state index >= 15 is 0 Å². The van der Waals surface area contributed by atoms with E-state index in [0.29, 0.717) is 11.6 Å². The van der Waals surface area contributed by atoms with Crippen molar-refractivity contribution in [3.05, 3.63) is 46.1 Å². The lowest BCUT2D eigenvalue weighted by atomic mass is 10.3. The summed E-state index contributed by atoms with van der Waals surface area (Å²) in [7, 11) is 0. The van der Waals surface area contributed by atoms with Crippen LogP contribution in [0, 0.1) is 0 Å². The molecule has 2 N–H and O–H groups in total. The van der Waals surface area contributed by atoms with Crippen LogP contribution in [0.3, 0.4) is 0 Å². The third-order valence-corrected chi connectivity index (χ3v) is 5.43. The van der Waals surface area contributed by atoms with Crippen molar-refractivity contribution >= 4 is 50.7 Å². The SMILES string of the molecule is CCc1cc2c(N)nc(CSc3cccc(Cl)c3)nc2s1. The minimum absolute atomic E-state index is 0.567. The molecule has 0 aliphatic carbocycles. The lowest BCUT2D eigenvalue weighted by Gasteiger charge is -2.03. The second-order valence-electron chi connectivity index (χ2n) is 4.56. The second-order valence-corrected chi connectivity index (χ2v) is 7.16. The molecule has 2 heterocycles. The van der Waals surface area contributed by atoms with E-state index in [-0.39, 0.29) is 0 Å². The van der Waals surface area contributed by atoms with Crippen molar-refractivity contribution in [2.24, 2.45) is 0 Å². The van der Waals surface area contributed by atoms with Gasteiger partial charge in [0, 0.05) is 14.8 Å². The van der Waals surface area contributed by atoms with Gasteiger partial charge in [-0.3, -0.25) is 0 Å². The quantitative estimate of drug-likeness (QED) is 0.697. The topological polar surface area (TPSA) is 51.8 Å². The van der Waals surface area contributed by atoms with Crippen LogP contribution in [0.4, 0.5) is 5.82 Å². The molecule has 6 heteroatoms. The summed E-state index contributed by atoms with van der Waals surface area (Å²) in [6.45, 7) is 2.13. The number of fused-ring (bicyclic) bond motifs is 1. The van der Waals surface area contributed by atoms with E-state index in [0.717, 1.165) is 32.4 Å². The van der Waals surface area contributed by atoms with Crippen LogP contribution in [-0.2, 0) is 12.2 Å². The molecule has 0 amide bonds. The second kappa shape index (κ2) is 6.22. The molecule has 0 aliphatic rings. The number of halogens is 1. The Morgan fingerprint density at radius 3 is 2.90 bits per heavy atom. The Morgan fingerprint density at radius 1 is 1.29 bits per heavy atom. The van der Waals surface area contributed by atoms with E-state index in [1.165, 1.54) is 4.88 Å². The smallest absolute Gasteiger partial charge is 0.142 e. The van der Waals surface area contributed by atoms with Crippen LogP contribution in [0.1, 0.15) is 17.6 Å². The lowest BCUT2D eigenvalue weighted by molar-refractivity contribution is 1.08. The van der Waals surface area contributed by atoms with Crippen LogP contribution in [0.25, 0.3) is 10.2 Å². The molecule has 2 aromatic heterocycles. The number of nitrogens with zero attached hydrogens (tertiary/aromatic N) is 2. The van der Waals surface area contributed by atoms with E-state index in [1.807, 2.05) is 24.3 Å². The Morgan fingerprint density at radius 2 is 2.14 bits per heavy atom. The molecule has 0 atom stereocenters. The predicted octanol–water partition coefficient (Wildman–Crippen LogP) is 4.78. The highest BCUT2D eigenvalue weighted by molar-refractivity contribution is 7.98. The van der Waals surface area contributed by atoms with Crippen LogP contribution in [0.2, 0.25) is 5.02 Å². The number of thiophene rings is 1. The van der Waals surface area contributed by atoms with Gasteiger partial charge in [-0.1, -0.05) is 24.6 Å². The Labute approximate surface area is 136 Å². The molecular weight excluding hydrogens is 322 g/mol. The number of nitrogens with two attached hydrogens (primary N) is 1. The molecule has 0 fully saturated rings. The third-order valence-electron chi connectivity index (χ3n) is 3.03. The van der Waals surface area contributed by atoms with Gasteiger partial charge < -0.3 is 5.73 Å². The molecule has 0 saturated heterocycles. The molecule has 1 aromatic carbocycles. The highest BCUT2D eigenvalue weighted by Crippen LogP contribution is 2.30. The van der Waals surface area contributed by atoms with Crippen molar-refractivity contribution in [1.29, 1.82) is 0 Å². The van der Waals surface area contributed by atoms with Gasteiger partial charge in [-0.2, -0.15) is 0 Å². The fourth-order valence-corrected chi connectivity index (χ4v) is 4.04. The number of hydrogen-bond donors (Lipinski definition) is 1. The number of anilines is 1. The summed E-state index contributed by atoms with van der Waals surface area (Å²) >= 11 is 9.33. The van der Waals surface area contributed by atoms with Crippen molar-refractivity contribution < 1.29 is 0 Å². The molecule has 3 nitrogen and oxygen atoms in total. The highest BCUT2D eigenvalue weighted by Gasteiger charge is 2.09. The van der Waals surface area contributed by atoms with Crippen molar-refractivity contribution in [2.45, 2.75) is 24.0 Å². The molecule has 0 spiro atoms. The Hall–Kier alpha value is -1.30. The summed E-state index contributed by atoms with van der Waals surface area (Å²) in [5, 5.41) is 1.70. The van der Waals surface area contributed by atoms with Gasteiger partial charge in [0.2, 0.25) is 0 Å². The zero-order valence-corrected chi connectivity index (χ0v) is 13.9. The van der Waals surface area contributed by atoms with Gasteiger partial charge in [0.15, 0.2) is 0 Å². The first-order valence-corrected chi connectivity index (χ1v) is 8.77. The first-order chi connectivity index (χ1) is 10.2. The predicted molar refractivity (Wildman–Crippen MR) is 92.2 cm³/mol. The van der Waals surface area contributed by atoms with Crippen LogP contribution in [-0.4, -0.2) is 9.97 Å². The molecule has 21 heavy (non-hydrogen) atoms. The number of aromatic nitrogens is 2. The zero-order chi connectivity index (χ0) is 14.8. The number of nitrogen functional groups attached to an aromatic ring is 1. The van der Waals surface area contributed by atoms with Crippen molar-refractivity contribution in [3.63, 3.8) is 0 Å². The Bertz CT molecular complexity index is 786. The first kappa shape index (κ1) is 14.6. The summed E-state index contributed by atoms with van der Waals surface area (Å²) in [4.78, 5) is 12.4. The van der Waals surface area contributed by atoms with E-state index in [9.17, 15) is 0 Å². The molecular formula is C15H14ClN3S2. The molecule has 0 saturated carbocycles. The maximum atomic E-state index is 6.04. The van der Waals surface area contributed by atoms with E-state index in [2.05, 4.69) is 23.0 Å². The van der Waals surface area contributed by atoms with Gasteiger partial charge in [0.05, 0.1) is 11.1 Å². The van der Waals surface area contributed by atoms with Gasteiger partial charge in [-0.25, -0.2) is 9.97 Å². The fourth-order valence-electron chi connectivity index (χ4n) is 1.98. The van der Waals surface area contributed by atoms with Gasteiger partial charge in [-0.05, 0) is 30.7 Å². The lowest BCUT2D eigenvalue weighted by Crippen LogP contribution is -1.98. The fraction of sp³-hybridized carbons (Fsp3) is 0.200. The van der Waals surface area contributed by atoms with Gasteiger partial charge in [-0.15, -0.1) is 23.1 Å². The van der Waals surface area contributed by atoms with Crippen LogP contribution in [0.15, 0.2) is 35.2 Å². The number of hydrogen-bond acceptors (Lipinski definition) is 5. The summed E-state index contributed by atoms with van der Waals surface area (Å²) in [5.41, 5.74) is 6.04. The standard InChI is InChI=1S/C15H14ClN3S2/c1-2-10-7-12-14(17)18-13(19-15(12)21-10)8-20-11-5-3-4-9(16)6-11/h3-7H,2,8H2,1H3,(H2,17,18,19). The molecule has 3 rings (SSSR count). The van der Waals surface area contributed by atoms with Crippen molar-refractivity contribution in [3.8, 4) is 0 Å². The number of thioether (sulfide) groups is 1. The third kappa shape index (κ3) is 3.31. The minimum Gasteiger partial charge on any atom is -0.383 e. The average molecular weight is 336 g/mol.